The first-order valence-corrected chi connectivity index (χ1v) is 34.0. The van der Waals surface area contributed by atoms with Gasteiger partial charge in [0.2, 0.25) is 0 Å². The summed E-state index contributed by atoms with van der Waals surface area (Å²) in [5.74, 6) is 7.16. The van der Waals surface area contributed by atoms with Gasteiger partial charge in [-0.05, 0) is 180 Å². The summed E-state index contributed by atoms with van der Waals surface area (Å²) < 4.78 is 30.2. The highest BCUT2D eigenvalue weighted by Gasteiger charge is 2.63. The van der Waals surface area contributed by atoms with Crippen LogP contribution in [-0.4, -0.2) is 57.2 Å². The molecule has 54 heavy (non-hydrogen) atoms. The summed E-state index contributed by atoms with van der Waals surface area (Å²) in [6, 6.07) is 13.5. The molecule has 1 N–H and O–H groups in total. The van der Waals surface area contributed by atoms with Crippen LogP contribution in [0.4, 0.5) is 0 Å². The van der Waals surface area contributed by atoms with Crippen molar-refractivity contribution in [2.45, 2.75) is 191 Å². The van der Waals surface area contributed by atoms with Gasteiger partial charge in [0, 0.05) is 5.19 Å². The SMILES string of the molecule is CCCC(CC)(CCC1CC2CCC1C2)[Si](C)(C)O[Si](O[Si](C)(C)CCC1CC2CC(O)C1C2)(O[Si](C)(C)CCC1CC2CC1C1OC21)c1ccccc1. The molecule has 0 aromatic heterocycles. The first-order valence-electron chi connectivity index (χ1n) is 23.1. The lowest BCUT2D eigenvalue weighted by atomic mass is 9.82. The van der Waals surface area contributed by atoms with E-state index in [4.69, 9.17) is 17.1 Å². The highest BCUT2D eigenvalue weighted by molar-refractivity contribution is 6.96. The van der Waals surface area contributed by atoms with Crippen molar-refractivity contribution in [1.82, 2.24) is 0 Å². The smallest absolute Gasteiger partial charge is 0.413 e. The van der Waals surface area contributed by atoms with Crippen LogP contribution in [0.15, 0.2) is 30.3 Å². The van der Waals surface area contributed by atoms with Gasteiger partial charge in [-0.15, -0.1) is 0 Å². The normalized spacial score (nSPS) is 38.9. The molecule has 1 heterocycles. The predicted molar refractivity (Wildman–Crippen MR) is 231 cm³/mol. The van der Waals surface area contributed by atoms with Crippen molar-refractivity contribution >= 4 is 38.9 Å². The van der Waals surface area contributed by atoms with Gasteiger partial charge in [0.05, 0.1) is 18.3 Å². The minimum absolute atomic E-state index is 0.0879. The first-order chi connectivity index (χ1) is 25.6. The average Bonchev–Trinajstić information content (AvgIpc) is 3.73. The molecule has 0 spiro atoms. The molecular formula is C45H78O5Si4. The predicted octanol–water partition coefficient (Wildman–Crippen LogP) is 11.3. The highest BCUT2D eigenvalue weighted by Crippen LogP contribution is 2.60. The second-order valence-corrected chi connectivity index (χ2v) is 38.2. The Balaban J connectivity index is 1.08. The lowest BCUT2D eigenvalue weighted by molar-refractivity contribution is 0.0792. The number of ether oxygens (including phenoxy) is 1. The van der Waals surface area contributed by atoms with Gasteiger partial charge in [-0.1, -0.05) is 76.3 Å². The third kappa shape index (κ3) is 8.09. The van der Waals surface area contributed by atoms with Crippen LogP contribution >= 0.6 is 0 Å². The van der Waals surface area contributed by atoms with Gasteiger partial charge in [0.25, 0.3) is 0 Å². The average molecular weight is 811 g/mol. The molecule has 1 aromatic carbocycles. The van der Waals surface area contributed by atoms with Crippen molar-refractivity contribution in [2.75, 3.05) is 0 Å². The molecule has 0 radical (unpaired) electrons. The van der Waals surface area contributed by atoms with Crippen molar-refractivity contribution < 1.29 is 22.2 Å². The molecule has 6 saturated carbocycles. The summed E-state index contributed by atoms with van der Waals surface area (Å²) in [7, 11) is -10.4. The van der Waals surface area contributed by atoms with E-state index in [1.54, 1.807) is 0 Å². The number of hydrogen-bond donors (Lipinski definition) is 1. The molecule has 7 fully saturated rings. The summed E-state index contributed by atoms with van der Waals surface area (Å²) in [4.78, 5) is 0. The van der Waals surface area contributed by atoms with Gasteiger partial charge < -0.3 is 22.2 Å². The maximum absolute atomic E-state index is 10.8. The van der Waals surface area contributed by atoms with Crippen molar-refractivity contribution in [1.29, 1.82) is 0 Å². The second-order valence-electron chi connectivity index (χ2n) is 22.0. The minimum atomic E-state index is -3.40. The third-order valence-electron chi connectivity index (χ3n) is 17.3. The van der Waals surface area contributed by atoms with E-state index in [0.29, 0.717) is 24.0 Å². The lowest BCUT2D eigenvalue weighted by Gasteiger charge is -2.51. The van der Waals surface area contributed by atoms with Crippen molar-refractivity contribution in [2.24, 2.45) is 53.3 Å². The number of fused-ring (bicyclic) bond motifs is 9. The van der Waals surface area contributed by atoms with Gasteiger partial charge in [0.1, 0.15) is 0 Å². The Hall–Kier alpha value is -0.112. The fraction of sp³-hybridized carbons (Fsp3) is 0.867. The molecule has 304 valence electrons. The number of epoxide rings is 1. The van der Waals surface area contributed by atoms with Gasteiger partial charge in [-0.3, -0.25) is 0 Å². The number of benzene rings is 1. The summed E-state index contributed by atoms with van der Waals surface area (Å²) >= 11 is 0. The monoisotopic (exact) mass is 810 g/mol. The summed E-state index contributed by atoms with van der Waals surface area (Å²) in [5.41, 5.74) is 0. The van der Waals surface area contributed by atoms with E-state index in [1.807, 2.05) is 0 Å². The van der Waals surface area contributed by atoms with Crippen LogP contribution in [-0.2, 0) is 17.1 Å². The Labute approximate surface area is 334 Å². The van der Waals surface area contributed by atoms with Crippen LogP contribution in [0.2, 0.25) is 56.4 Å². The van der Waals surface area contributed by atoms with Crippen molar-refractivity contribution in [3.05, 3.63) is 30.3 Å². The van der Waals surface area contributed by atoms with Crippen LogP contribution in [0.5, 0.6) is 0 Å². The van der Waals surface area contributed by atoms with E-state index in [1.165, 1.54) is 101 Å². The Kier molecular flexibility index (Phi) is 11.7. The molecule has 14 atom stereocenters. The van der Waals surface area contributed by atoms with Crippen LogP contribution in [0.3, 0.4) is 0 Å². The molecule has 1 aliphatic heterocycles. The third-order valence-corrected chi connectivity index (χ3v) is 34.4. The molecule has 1 aromatic rings. The van der Waals surface area contributed by atoms with E-state index in [9.17, 15) is 5.11 Å². The zero-order chi connectivity index (χ0) is 38.1. The lowest BCUT2D eigenvalue weighted by Crippen LogP contribution is -2.70. The molecule has 1 saturated heterocycles. The Bertz CT molecular complexity index is 1410. The molecule has 8 rings (SSSR count). The number of hydrogen-bond acceptors (Lipinski definition) is 5. The number of aliphatic hydroxyl groups excluding tert-OH is 1. The topological polar surface area (TPSA) is 60.5 Å². The van der Waals surface area contributed by atoms with Crippen LogP contribution in [0, 0.1) is 53.3 Å². The summed E-state index contributed by atoms with van der Waals surface area (Å²) in [6.07, 6.45) is 22.1. The van der Waals surface area contributed by atoms with Gasteiger partial charge in [0.15, 0.2) is 25.0 Å². The van der Waals surface area contributed by atoms with Crippen LogP contribution in [0.1, 0.15) is 117 Å². The zero-order valence-electron chi connectivity index (χ0n) is 35.6. The van der Waals surface area contributed by atoms with Gasteiger partial charge in [-0.25, -0.2) is 0 Å². The fourth-order valence-corrected chi connectivity index (χ4v) is 32.7. The zero-order valence-corrected chi connectivity index (χ0v) is 39.6. The Morgan fingerprint density at radius 3 is 1.91 bits per heavy atom. The van der Waals surface area contributed by atoms with E-state index >= 15 is 0 Å². The Morgan fingerprint density at radius 1 is 0.667 bits per heavy atom. The molecule has 6 aliphatic carbocycles. The quantitative estimate of drug-likeness (QED) is 0.105. The highest BCUT2D eigenvalue weighted by atomic mass is 28.5. The maximum atomic E-state index is 10.8. The molecule has 9 heteroatoms. The molecule has 6 bridgehead atoms. The number of aliphatic hydroxyl groups is 1. The fourth-order valence-electron chi connectivity index (χ4n) is 14.3. The van der Waals surface area contributed by atoms with Gasteiger partial charge in [-0.2, -0.15) is 0 Å². The summed E-state index contributed by atoms with van der Waals surface area (Å²) in [6.45, 7) is 19.9. The van der Waals surface area contributed by atoms with Gasteiger partial charge >= 0.3 is 8.80 Å². The second kappa shape index (κ2) is 15.5. The molecule has 14 unspecified atom stereocenters. The standard InChI is InChI=1S/C45H78O5Si4/c1-9-21-45(10-2,22-18-35-26-32-16-17-34(35)25-32)53(7,8)50-54(39-14-12-11-13-15-39,48-51(3,4)23-19-36-27-33-28-40(36)42(46)29-33)49-52(5,6)24-20-37-30-38-31-41(37)44-43(38)47-44/h11-15,32-38,40-44,46H,9-10,16-31H2,1-8H3. The van der Waals surface area contributed by atoms with Crippen LogP contribution < -0.4 is 5.19 Å². The minimum Gasteiger partial charge on any atom is -0.413 e. The van der Waals surface area contributed by atoms with E-state index in [-0.39, 0.29) is 11.1 Å². The van der Waals surface area contributed by atoms with Crippen molar-refractivity contribution in [3.63, 3.8) is 0 Å². The van der Waals surface area contributed by atoms with E-state index < -0.39 is 33.8 Å². The largest absolute Gasteiger partial charge is 0.505 e. The molecular weight excluding hydrogens is 733 g/mol. The first kappa shape index (κ1) is 40.7. The molecule has 0 amide bonds. The van der Waals surface area contributed by atoms with Crippen molar-refractivity contribution in [3.8, 4) is 0 Å². The maximum Gasteiger partial charge on any atom is 0.505 e. The molecule has 5 nitrogen and oxygen atoms in total. The van der Waals surface area contributed by atoms with E-state index in [0.717, 1.165) is 59.9 Å². The number of rotatable bonds is 20. The van der Waals surface area contributed by atoms with E-state index in [2.05, 4.69) is 83.5 Å². The molecule has 7 aliphatic rings. The van der Waals surface area contributed by atoms with Crippen LogP contribution in [0.25, 0.3) is 0 Å². The summed E-state index contributed by atoms with van der Waals surface area (Å²) in [5, 5.41) is 12.2. The Morgan fingerprint density at radius 2 is 1.35 bits per heavy atom.